The molecule has 11 heteroatoms. The minimum atomic E-state index is -4.21. The van der Waals surface area contributed by atoms with Crippen LogP contribution in [0.15, 0.2) is 77.7 Å². The van der Waals surface area contributed by atoms with Crippen LogP contribution in [0.2, 0.25) is 10.0 Å². The van der Waals surface area contributed by atoms with E-state index in [1.54, 1.807) is 56.5 Å². The van der Waals surface area contributed by atoms with Gasteiger partial charge in [-0.25, -0.2) is 8.42 Å². The predicted molar refractivity (Wildman–Crippen MR) is 158 cm³/mol. The van der Waals surface area contributed by atoms with Crippen molar-refractivity contribution in [3.8, 4) is 5.75 Å². The summed E-state index contributed by atoms with van der Waals surface area (Å²) in [5.41, 5.74) is 0.877. The van der Waals surface area contributed by atoms with Crippen molar-refractivity contribution in [3.05, 3.63) is 88.4 Å². The minimum Gasteiger partial charge on any atom is -0.497 e. The molecule has 0 saturated heterocycles. The summed E-state index contributed by atoms with van der Waals surface area (Å²) in [6, 6.07) is 18.4. The second kappa shape index (κ2) is 14.4. The first-order chi connectivity index (χ1) is 19.1. The number of rotatable bonds is 13. The number of sulfonamides is 1. The number of amides is 2. The number of carbonyl (C=O) groups is 2. The van der Waals surface area contributed by atoms with Crippen molar-refractivity contribution < 1.29 is 22.7 Å². The lowest BCUT2D eigenvalue weighted by Gasteiger charge is -2.33. The molecule has 0 aromatic heterocycles. The van der Waals surface area contributed by atoms with Crippen LogP contribution in [-0.4, -0.2) is 51.4 Å². The first-order valence-corrected chi connectivity index (χ1v) is 15.0. The van der Waals surface area contributed by atoms with E-state index in [0.717, 1.165) is 16.3 Å². The number of ether oxygens (including phenoxy) is 1. The molecule has 3 aromatic rings. The molecule has 3 rings (SSSR count). The first-order valence-electron chi connectivity index (χ1n) is 12.8. The Morgan fingerprint density at radius 3 is 2.12 bits per heavy atom. The lowest BCUT2D eigenvalue weighted by atomic mass is 10.1. The van der Waals surface area contributed by atoms with E-state index in [1.807, 2.05) is 6.92 Å². The van der Waals surface area contributed by atoms with Crippen LogP contribution in [0.25, 0.3) is 0 Å². The largest absolute Gasteiger partial charge is 0.497 e. The van der Waals surface area contributed by atoms with Gasteiger partial charge in [0.05, 0.1) is 17.7 Å². The number of methoxy groups -OCH3 is 1. The highest BCUT2D eigenvalue weighted by Crippen LogP contribution is 2.30. The third kappa shape index (κ3) is 7.90. The fraction of sp³-hybridized carbons (Fsp3) is 0.310. The van der Waals surface area contributed by atoms with Crippen LogP contribution in [0, 0.1) is 0 Å². The van der Waals surface area contributed by atoms with Crippen LogP contribution in [0.3, 0.4) is 0 Å². The lowest BCUT2D eigenvalue weighted by Crippen LogP contribution is -2.52. The molecular weight excluding hydrogens is 573 g/mol. The molecule has 40 heavy (non-hydrogen) atoms. The number of hydrogen-bond acceptors (Lipinski definition) is 5. The summed E-state index contributed by atoms with van der Waals surface area (Å²) < 4.78 is 33.9. The number of nitrogens with one attached hydrogen (secondary N) is 1. The predicted octanol–water partition coefficient (Wildman–Crippen LogP) is 5.53. The summed E-state index contributed by atoms with van der Waals surface area (Å²) in [7, 11) is -2.66. The normalized spacial score (nSPS) is 11.9. The molecule has 0 radical (unpaired) electrons. The molecule has 0 spiro atoms. The summed E-state index contributed by atoms with van der Waals surface area (Å²) in [6.07, 6.45) is 1.05. The molecule has 1 N–H and O–H groups in total. The van der Waals surface area contributed by atoms with E-state index in [9.17, 15) is 18.0 Å². The number of hydrogen-bond donors (Lipinski definition) is 1. The van der Waals surface area contributed by atoms with Crippen molar-refractivity contribution in [3.63, 3.8) is 0 Å². The number of nitrogens with zero attached hydrogens (tertiary/aromatic N) is 2. The summed E-state index contributed by atoms with van der Waals surface area (Å²) >= 11 is 12.4. The standard InChI is InChI=1S/C29H33Cl2N3O5S/c1-4-15-32-29(36)27(5-2)33(19-21-11-13-25(39-3)14-12-21)28(35)20-34(24-17-22(30)16-23(31)18-24)40(37,38)26-9-7-6-8-10-26/h6-14,16-18,27H,4-5,15,19-20H2,1-3H3,(H,32,36). The van der Waals surface area contributed by atoms with Crippen LogP contribution in [0.4, 0.5) is 5.69 Å². The van der Waals surface area contributed by atoms with Crippen molar-refractivity contribution >= 4 is 50.7 Å². The van der Waals surface area contributed by atoms with Crippen LogP contribution in [0.1, 0.15) is 32.3 Å². The molecule has 8 nitrogen and oxygen atoms in total. The molecule has 0 saturated carbocycles. The van der Waals surface area contributed by atoms with Gasteiger partial charge in [0.15, 0.2) is 0 Å². The van der Waals surface area contributed by atoms with Gasteiger partial charge in [0.25, 0.3) is 10.0 Å². The van der Waals surface area contributed by atoms with Gasteiger partial charge in [-0.05, 0) is 60.9 Å². The zero-order valence-electron chi connectivity index (χ0n) is 22.6. The van der Waals surface area contributed by atoms with E-state index in [2.05, 4.69) is 5.32 Å². The minimum absolute atomic E-state index is 0.00617. The van der Waals surface area contributed by atoms with Gasteiger partial charge in [-0.3, -0.25) is 13.9 Å². The first kappa shape index (κ1) is 31.3. The number of benzene rings is 3. The average Bonchev–Trinajstić information content (AvgIpc) is 2.94. The van der Waals surface area contributed by atoms with Crippen molar-refractivity contribution in [1.29, 1.82) is 0 Å². The highest BCUT2D eigenvalue weighted by atomic mass is 35.5. The molecule has 1 unspecified atom stereocenters. The monoisotopic (exact) mass is 605 g/mol. The molecule has 1 atom stereocenters. The molecule has 0 heterocycles. The maximum absolute atomic E-state index is 14.0. The van der Waals surface area contributed by atoms with Gasteiger partial charge in [-0.2, -0.15) is 0 Å². The molecular formula is C29H33Cl2N3O5S. The van der Waals surface area contributed by atoms with E-state index < -0.39 is 28.5 Å². The van der Waals surface area contributed by atoms with Crippen molar-refractivity contribution in [2.24, 2.45) is 0 Å². The second-order valence-corrected chi connectivity index (χ2v) is 11.8. The van der Waals surface area contributed by atoms with Gasteiger partial charge < -0.3 is 15.0 Å². The highest BCUT2D eigenvalue weighted by molar-refractivity contribution is 7.92. The van der Waals surface area contributed by atoms with Crippen molar-refractivity contribution in [2.75, 3.05) is 24.5 Å². The Morgan fingerprint density at radius 2 is 1.57 bits per heavy atom. The molecule has 0 aliphatic rings. The van der Waals surface area contributed by atoms with Crippen LogP contribution in [0.5, 0.6) is 5.75 Å². The number of halogens is 2. The summed E-state index contributed by atoms with van der Waals surface area (Å²) in [5, 5.41) is 3.28. The maximum Gasteiger partial charge on any atom is 0.264 e. The molecule has 0 aliphatic carbocycles. The zero-order valence-corrected chi connectivity index (χ0v) is 25.0. The molecule has 3 aromatic carbocycles. The number of carbonyl (C=O) groups excluding carboxylic acids is 2. The average molecular weight is 607 g/mol. The Bertz CT molecular complexity index is 1380. The fourth-order valence-corrected chi connectivity index (χ4v) is 6.08. The molecule has 0 aliphatic heterocycles. The van der Waals surface area contributed by atoms with E-state index in [4.69, 9.17) is 27.9 Å². The smallest absolute Gasteiger partial charge is 0.264 e. The summed E-state index contributed by atoms with van der Waals surface area (Å²) in [6.45, 7) is 3.69. The molecule has 214 valence electrons. The highest BCUT2D eigenvalue weighted by Gasteiger charge is 2.33. The Labute approximate surface area is 245 Å². The molecule has 0 bridgehead atoms. The van der Waals surface area contributed by atoms with E-state index in [1.165, 1.54) is 35.2 Å². The van der Waals surface area contributed by atoms with E-state index in [-0.39, 0.29) is 33.1 Å². The van der Waals surface area contributed by atoms with Crippen LogP contribution >= 0.6 is 23.2 Å². The summed E-state index contributed by atoms with van der Waals surface area (Å²) in [5.74, 6) is -0.230. The lowest BCUT2D eigenvalue weighted by molar-refractivity contribution is -0.140. The maximum atomic E-state index is 14.0. The Kier molecular flexibility index (Phi) is 11.2. The van der Waals surface area contributed by atoms with Gasteiger partial charge in [0.1, 0.15) is 18.3 Å². The van der Waals surface area contributed by atoms with E-state index >= 15 is 0 Å². The summed E-state index contributed by atoms with van der Waals surface area (Å²) in [4.78, 5) is 28.6. The topological polar surface area (TPSA) is 96.0 Å². The second-order valence-electron chi connectivity index (χ2n) is 9.04. The number of anilines is 1. The molecule has 2 amide bonds. The van der Waals surface area contributed by atoms with Crippen LogP contribution in [-0.2, 0) is 26.2 Å². The Balaban J connectivity index is 2.06. The van der Waals surface area contributed by atoms with Crippen LogP contribution < -0.4 is 14.4 Å². The third-order valence-corrected chi connectivity index (χ3v) is 8.42. The zero-order chi connectivity index (χ0) is 29.3. The third-order valence-electron chi connectivity index (χ3n) is 6.19. The Morgan fingerprint density at radius 1 is 0.950 bits per heavy atom. The van der Waals surface area contributed by atoms with Gasteiger partial charge in [0, 0.05) is 23.1 Å². The Hall–Kier alpha value is -3.27. The van der Waals surface area contributed by atoms with Crippen molar-refractivity contribution in [1.82, 2.24) is 10.2 Å². The van der Waals surface area contributed by atoms with Gasteiger partial charge in [0.2, 0.25) is 11.8 Å². The molecule has 0 fully saturated rings. The fourth-order valence-electron chi connectivity index (χ4n) is 4.14. The van der Waals surface area contributed by atoms with Gasteiger partial charge in [-0.15, -0.1) is 0 Å². The van der Waals surface area contributed by atoms with E-state index in [0.29, 0.717) is 18.7 Å². The SMILES string of the molecule is CCCNC(=O)C(CC)N(Cc1ccc(OC)cc1)C(=O)CN(c1cc(Cl)cc(Cl)c1)S(=O)(=O)c1ccccc1. The van der Waals surface area contributed by atoms with Gasteiger partial charge >= 0.3 is 0 Å². The van der Waals surface area contributed by atoms with Crippen molar-refractivity contribution in [2.45, 2.75) is 44.2 Å². The van der Waals surface area contributed by atoms with Gasteiger partial charge in [-0.1, -0.05) is 67.4 Å². The quantitative estimate of drug-likeness (QED) is 0.276.